The summed E-state index contributed by atoms with van der Waals surface area (Å²) in [6, 6.07) is 6.19. The SMILES string of the molecule is C#Cc1cccc2c1CCNC2. The molecule has 60 valence electrons. The van der Waals surface area contributed by atoms with Crippen molar-refractivity contribution in [3.05, 3.63) is 34.9 Å². The number of terminal acetylenes is 1. The number of nitrogens with one attached hydrogen (secondary N) is 1. The van der Waals surface area contributed by atoms with Gasteiger partial charge in [0.2, 0.25) is 0 Å². The van der Waals surface area contributed by atoms with E-state index in [4.69, 9.17) is 6.42 Å². The molecule has 1 aliphatic rings. The highest BCUT2D eigenvalue weighted by Gasteiger charge is 2.10. The maximum absolute atomic E-state index is 5.40. The van der Waals surface area contributed by atoms with Crippen LogP contribution in [0.15, 0.2) is 18.2 Å². The van der Waals surface area contributed by atoms with Crippen molar-refractivity contribution in [2.24, 2.45) is 0 Å². The lowest BCUT2D eigenvalue weighted by Crippen LogP contribution is -2.24. The van der Waals surface area contributed by atoms with Crippen molar-refractivity contribution in [1.82, 2.24) is 5.32 Å². The molecule has 1 aliphatic heterocycles. The summed E-state index contributed by atoms with van der Waals surface area (Å²) in [6.07, 6.45) is 6.47. The summed E-state index contributed by atoms with van der Waals surface area (Å²) in [5.74, 6) is 2.73. The molecular formula is C11H11N. The molecule has 0 bridgehead atoms. The predicted molar refractivity (Wildman–Crippen MR) is 49.8 cm³/mol. The van der Waals surface area contributed by atoms with E-state index in [1.165, 1.54) is 11.1 Å². The summed E-state index contributed by atoms with van der Waals surface area (Å²) in [7, 11) is 0. The van der Waals surface area contributed by atoms with Crippen molar-refractivity contribution >= 4 is 0 Å². The van der Waals surface area contributed by atoms with Crippen LogP contribution in [0.5, 0.6) is 0 Å². The van der Waals surface area contributed by atoms with Crippen LogP contribution >= 0.6 is 0 Å². The van der Waals surface area contributed by atoms with E-state index in [0.717, 1.165) is 25.1 Å². The zero-order valence-corrected chi connectivity index (χ0v) is 6.93. The summed E-state index contributed by atoms with van der Waals surface area (Å²) in [4.78, 5) is 0. The highest BCUT2D eigenvalue weighted by molar-refractivity contribution is 5.45. The highest BCUT2D eigenvalue weighted by atomic mass is 14.9. The van der Waals surface area contributed by atoms with Crippen LogP contribution in [0.1, 0.15) is 16.7 Å². The molecule has 1 aromatic rings. The second-order valence-electron chi connectivity index (χ2n) is 3.01. The van der Waals surface area contributed by atoms with E-state index >= 15 is 0 Å². The fourth-order valence-electron chi connectivity index (χ4n) is 1.67. The molecule has 0 fully saturated rings. The van der Waals surface area contributed by atoms with Gasteiger partial charge in [0.15, 0.2) is 0 Å². The fourth-order valence-corrected chi connectivity index (χ4v) is 1.67. The van der Waals surface area contributed by atoms with Gasteiger partial charge in [0.25, 0.3) is 0 Å². The number of benzene rings is 1. The van der Waals surface area contributed by atoms with Crippen LogP contribution in [-0.2, 0) is 13.0 Å². The van der Waals surface area contributed by atoms with Gasteiger partial charge in [-0.2, -0.15) is 0 Å². The molecule has 0 spiro atoms. The quantitative estimate of drug-likeness (QED) is 0.560. The van der Waals surface area contributed by atoms with Crippen LogP contribution < -0.4 is 5.32 Å². The molecule has 1 heterocycles. The monoisotopic (exact) mass is 157 g/mol. The van der Waals surface area contributed by atoms with E-state index < -0.39 is 0 Å². The first-order valence-electron chi connectivity index (χ1n) is 4.20. The van der Waals surface area contributed by atoms with Crippen LogP contribution in [0.4, 0.5) is 0 Å². The molecule has 1 N–H and O–H groups in total. The molecule has 1 aromatic carbocycles. The lowest BCUT2D eigenvalue weighted by Gasteiger charge is -2.17. The Labute approximate surface area is 72.8 Å². The molecule has 0 saturated carbocycles. The maximum Gasteiger partial charge on any atom is 0.0278 e. The van der Waals surface area contributed by atoms with Crippen molar-refractivity contribution in [2.75, 3.05) is 6.54 Å². The topological polar surface area (TPSA) is 12.0 Å². The summed E-state index contributed by atoms with van der Waals surface area (Å²) in [6.45, 7) is 2.01. The first-order valence-corrected chi connectivity index (χ1v) is 4.20. The minimum atomic E-state index is 0.963. The van der Waals surface area contributed by atoms with Gasteiger partial charge < -0.3 is 5.32 Å². The van der Waals surface area contributed by atoms with Crippen LogP contribution in [0, 0.1) is 12.3 Å². The van der Waals surface area contributed by atoms with Gasteiger partial charge in [0.1, 0.15) is 0 Å². The first-order chi connectivity index (χ1) is 5.92. The van der Waals surface area contributed by atoms with Crippen molar-refractivity contribution in [2.45, 2.75) is 13.0 Å². The predicted octanol–water partition coefficient (Wildman–Crippen LogP) is 1.31. The summed E-state index contributed by atoms with van der Waals surface area (Å²) < 4.78 is 0. The molecule has 0 aliphatic carbocycles. The summed E-state index contributed by atoms with van der Waals surface area (Å²) >= 11 is 0. The van der Waals surface area contributed by atoms with E-state index in [-0.39, 0.29) is 0 Å². The van der Waals surface area contributed by atoms with Gasteiger partial charge in [-0.05, 0) is 30.2 Å². The molecule has 2 rings (SSSR count). The van der Waals surface area contributed by atoms with Gasteiger partial charge in [-0.3, -0.25) is 0 Å². The van der Waals surface area contributed by atoms with Crippen molar-refractivity contribution in [3.8, 4) is 12.3 Å². The highest BCUT2D eigenvalue weighted by Crippen LogP contribution is 2.17. The van der Waals surface area contributed by atoms with E-state index in [0.29, 0.717) is 0 Å². The van der Waals surface area contributed by atoms with Crippen molar-refractivity contribution in [1.29, 1.82) is 0 Å². The lowest BCUT2D eigenvalue weighted by molar-refractivity contribution is 0.643. The van der Waals surface area contributed by atoms with Crippen LogP contribution in [0.25, 0.3) is 0 Å². The maximum atomic E-state index is 5.40. The van der Waals surface area contributed by atoms with Crippen LogP contribution in [-0.4, -0.2) is 6.54 Å². The standard InChI is InChI=1S/C11H11N/c1-2-9-4-3-5-10-8-12-7-6-11(9)10/h1,3-5,12H,6-8H2. The third-order valence-electron chi connectivity index (χ3n) is 2.30. The molecule has 0 unspecified atom stereocenters. The molecule has 0 aromatic heterocycles. The van der Waals surface area contributed by atoms with Gasteiger partial charge in [0, 0.05) is 12.1 Å². The third kappa shape index (κ3) is 1.11. The van der Waals surface area contributed by atoms with Crippen LogP contribution in [0.3, 0.4) is 0 Å². The number of rotatable bonds is 0. The Morgan fingerprint density at radius 2 is 2.33 bits per heavy atom. The molecule has 0 saturated heterocycles. The van der Waals surface area contributed by atoms with Gasteiger partial charge in [-0.1, -0.05) is 18.1 Å². The Hall–Kier alpha value is -1.26. The number of hydrogen-bond donors (Lipinski definition) is 1. The minimum Gasteiger partial charge on any atom is -0.312 e. The van der Waals surface area contributed by atoms with Crippen molar-refractivity contribution < 1.29 is 0 Å². The number of fused-ring (bicyclic) bond motifs is 1. The average molecular weight is 157 g/mol. The molecule has 1 heteroatoms. The Morgan fingerprint density at radius 1 is 1.42 bits per heavy atom. The molecule has 0 amide bonds. The Bertz CT molecular complexity index is 333. The molecule has 0 radical (unpaired) electrons. The second kappa shape index (κ2) is 3.00. The largest absolute Gasteiger partial charge is 0.312 e. The smallest absolute Gasteiger partial charge is 0.0278 e. The van der Waals surface area contributed by atoms with E-state index in [1.54, 1.807) is 0 Å². The Morgan fingerprint density at radius 3 is 3.17 bits per heavy atom. The average Bonchev–Trinajstić information content (AvgIpc) is 2.17. The lowest BCUT2D eigenvalue weighted by atomic mass is 9.96. The first kappa shape index (κ1) is 7.39. The Kier molecular flexibility index (Phi) is 1.85. The Balaban J connectivity index is 2.53. The molecule has 1 nitrogen and oxygen atoms in total. The van der Waals surface area contributed by atoms with E-state index in [1.807, 2.05) is 12.1 Å². The summed E-state index contributed by atoms with van der Waals surface area (Å²) in [5.41, 5.74) is 3.78. The number of hydrogen-bond acceptors (Lipinski definition) is 1. The fraction of sp³-hybridized carbons (Fsp3) is 0.273. The molecular weight excluding hydrogens is 146 g/mol. The van der Waals surface area contributed by atoms with Gasteiger partial charge >= 0.3 is 0 Å². The van der Waals surface area contributed by atoms with Crippen molar-refractivity contribution in [3.63, 3.8) is 0 Å². The normalized spacial score (nSPS) is 14.9. The second-order valence-corrected chi connectivity index (χ2v) is 3.01. The third-order valence-corrected chi connectivity index (χ3v) is 2.30. The zero-order chi connectivity index (χ0) is 8.39. The summed E-state index contributed by atoms with van der Waals surface area (Å²) in [5, 5.41) is 3.32. The van der Waals surface area contributed by atoms with Crippen LogP contribution in [0.2, 0.25) is 0 Å². The van der Waals surface area contributed by atoms with Gasteiger partial charge in [0.05, 0.1) is 0 Å². The molecule has 12 heavy (non-hydrogen) atoms. The minimum absolute atomic E-state index is 0.963. The van der Waals surface area contributed by atoms with Gasteiger partial charge in [-0.25, -0.2) is 0 Å². The zero-order valence-electron chi connectivity index (χ0n) is 6.93. The van der Waals surface area contributed by atoms with E-state index in [2.05, 4.69) is 17.3 Å². The molecule has 0 atom stereocenters. The van der Waals surface area contributed by atoms with Gasteiger partial charge in [-0.15, -0.1) is 6.42 Å². The van der Waals surface area contributed by atoms with E-state index in [9.17, 15) is 0 Å².